The van der Waals surface area contributed by atoms with Crippen LogP contribution in [0.15, 0.2) is 30.6 Å². The van der Waals surface area contributed by atoms with Gasteiger partial charge in [-0.3, -0.25) is 19.3 Å². The number of aromatic nitrogens is 5. The number of rotatable bonds is 8. The van der Waals surface area contributed by atoms with Crippen LogP contribution in [0.1, 0.15) is 80.8 Å². The zero-order valence-electron chi connectivity index (χ0n) is 22.7. The van der Waals surface area contributed by atoms with Crippen LogP contribution in [0.25, 0.3) is 11.3 Å². The summed E-state index contributed by atoms with van der Waals surface area (Å²) in [6.45, 7) is 2.32. The third-order valence-electron chi connectivity index (χ3n) is 8.22. The monoisotopic (exact) mass is 531 g/mol. The quantitative estimate of drug-likeness (QED) is 0.367. The van der Waals surface area contributed by atoms with Gasteiger partial charge in [-0.15, -0.1) is 0 Å². The third kappa shape index (κ3) is 6.10. The largest absolute Gasteiger partial charge is 0.481 e. The Kier molecular flexibility index (Phi) is 8.18. The van der Waals surface area contributed by atoms with Crippen molar-refractivity contribution in [2.24, 2.45) is 18.9 Å². The van der Waals surface area contributed by atoms with E-state index in [4.69, 9.17) is 9.97 Å². The molecule has 0 aromatic carbocycles. The van der Waals surface area contributed by atoms with E-state index in [1.54, 1.807) is 6.20 Å². The van der Waals surface area contributed by atoms with Gasteiger partial charge in [-0.2, -0.15) is 5.10 Å². The number of aliphatic carboxylic acids is 1. The van der Waals surface area contributed by atoms with Gasteiger partial charge in [0.2, 0.25) is 11.9 Å². The minimum atomic E-state index is -0.899. The van der Waals surface area contributed by atoms with E-state index in [1.165, 1.54) is 32.1 Å². The van der Waals surface area contributed by atoms with Crippen LogP contribution >= 0.6 is 0 Å². The molecule has 0 bridgehead atoms. The zero-order valence-corrected chi connectivity index (χ0v) is 22.7. The van der Waals surface area contributed by atoms with Gasteiger partial charge in [0.25, 0.3) is 0 Å². The van der Waals surface area contributed by atoms with Crippen molar-refractivity contribution in [2.75, 3.05) is 10.6 Å². The van der Waals surface area contributed by atoms with E-state index < -0.39 is 17.8 Å². The molecule has 0 radical (unpaired) electrons. The molecule has 3 N–H and O–H groups in total. The van der Waals surface area contributed by atoms with Gasteiger partial charge >= 0.3 is 5.97 Å². The van der Waals surface area contributed by atoms with Gasteiger partial charge in [-0.25, -0.2) is 9.97 Å². The Balaban J connectivity index is 1.28. The second kappa shape index (κ2) is 11.9. The molecule has 0 aliphatic heterocycles. The normalized spacial score (nSPS) is 19.9. The maximum absolute atomic E-state index is 13.0. The van der Waals surface area contributed by atoms with Crippen molar-refractivity contribution in [3.8, 4) is 11.3 Å². The lowest BCUT2D eigenvalue weighted by Crippen LogP contribution is -2.36. The molecule has 5 rings (SSSR count). The van der Waals surface area contributed by atoms with Crippen LogP contribution in [0, 0.1) is 18.8 Å². The van der Waals surface area contributed by atoms with Crippen LogP contribution in [0.3, 0.4) is 0 Å². The number of amides is 1. The molecule has 0 unspecified atom stereocenters. The number of hydrogen-bond acceptors (Lipinski definition) is 7. The van der Waals surface area contributed by atoms with Gasteiger partial charge < -0.3 is 15.7 Å². The predicted octanol–water partition coefficient (Wildman–Crippen LogP) is 5.07. The molecule has 2 aliphatic rings. The summed E-state index contributed by atoms with van der Waals surface area (Å²) in [5.41, 5.74) is 4.93. The number of carbonyl (C=O) groups is 2. The third-order valence-corrected chi connectivity index (χ3v) is 8.22. The van der Waals surface area contributed by atoms with Crippen molar-refractivity contribution in [1.82, 2.24) is 24.7 Å². The van der Waals surface area contributed by atoms with Crippen LogP contribution in [0.5, 0.6) is 0 Å². The molecule has 2 saturated carbocycles. The molecular weight excluding hydrogens is 494 g/mol. The predicted molar refractivity (Wildman–Crippen MR) is 148 cm³/mol. The van der Waals surface area contributed by atoms with E-state index in [0.29, 0.717) is 42.6 Å². The molecule has 3 heterocycles. The molecule has 3 aromatic rings. The molecule has 10 heteroatoms. The molecule has 10 nitrogen and oxygen atoms in total. The Bertz CT molecular complexity index is 1330. The first-order valence-corrected chi connectivity index (χ1v) is 14.0. The summed E-state index contributed by atoms with van der Waals surface area (Å²) in [5, 5.41) is 20.3. The van der Waals surface area contributed by atoms with Gasteiger partial charge in [0.05, 0.1) is 47.3 Å². The molecule has 2 aliphatic carbocycles. The highest BCUT2D eigenvalue weighted by molar-refractivity contribution is 5.95. The first-order valence-electron chi connectivity index (χ1n) is 14.0. The fourth-order valence-electron chi connectivity index (χ4n) is 5.94. The average molecular weight is 532 g/mol. The fourth-order valence-corrected chi connectivity index (χ4v) is 5.94. The van der Waals surface area contributed by atoms with E-state index in [-0.39, 0.29) is 5.91 Å². The minimum Gasteiger partial charge on any atom is -0.481 e. The Morgan fingerprint density at radius 3 is 2.49 bits per heavy atom. The molecule has 1 amide bonds. The number of anilines is 2. The van der Waals surface area contributed by atoms with E-state index in [1.807, 2.05) is 43.0 Å². The Hall–Kier alpha value is -3.82. The second-order valence-electron chi connectivity index (χ2n) is 10.8. The standard InChI is InChI=1S/C29H37N7O3/c1-18-23(34-27(37)20-10-6-7-11-21(20)28(38)39)12-13-25(33-18)22-16-32-36(2)26(22)17-31-29-30-15-14-24(35-29)19-8-4-3-5-9-19/h12-16,19-21H,3-11,17H2,1-2H3,(H,34,37)(H,38,39)(H,30,31,35)/t20-,21-/m0/s1. The van der Waals surface area contributed by atoms with Crippen LogP contribution in [0.4, 0.5) is 11.6 Å². The molecule has 2 fully saturated rings. The zero-order chi connectivity index (χ0) is 27.4. The summed E-state index contributed by atoms with van der Waals surface area (Å²) < 4.78 is 1.81. The molecule has 206 valence electrons. The number of nitrogens with one attached hydrogen (secondary N) is 2. The number of carboxylic acids is 1. The van der Waals surface area contributed by atoms with E-state index in [2.05, 4.69) is 20.7 Å². The smallest absolute Gasteiger partial charge is 0.307 e. The average Bonchev–Trinajstić information content (AvgIpc) is 3.33. The molecule has 0 saturated heterocycles. The summed E-state index contributed by atoms with van der Waals surface area (Å²) in [6.07, 6.45) is 12.6. The fraction of sp³-hybridized carbons (Fsp3) is 0.517. The summed E-state index contributed by atoms with van der Waals surface area (Å²) >= 11 is 0. The summed E-state index contributed by atoms with van der Waals surface area (Å²) in [4.78, 5) is 38.6. The van der Waals surface area contributed by atoms with Crippen LogP contribution < -0.4 is 10.6 Å². The summed E-state index contributed by atoms with van der Waals surface area (Å²) in [6, 6.07) is 5.72. The SMILES string of the molecule is Cc1nc(-c2cnn(C)c2CNc2nccc(C3CCCCC3)n2)ccc1NC(=O)[C@H]1CCCC[C@@H]1C(=O)O. The highest BCUT2D eigenvalue weighted by Crippen LogP contribution is 2.33. The lowest BCUT2D eigenvalue weighted by atomic mass is 9.78. The van der Waals surface area contributed by atoms with Crippen molar-refractivity contribution in [1.29, 1.82) is 0 Å². The Morgan fingerprint density at radius 2 is 1.74 bits per heavy atom. The van der Waals surface area contributed by atoms with E-state index in [9.17, 15) is 14.7 Å². The Morgan fingerprint density at radius 1 is 1.00 bits per heavy atom. The minimum absolute atomic E-state index is 0.249. The Labute approximate surface area is 228 Å². The molecular formula is C29H37N7O3. The van der Waals surface area contributed by atoms with Crippen molar-refractivity contribution in [3.63, 3.8) is 0 Å². The van der Waals surface area contributed by atoms with Gasteiger partial charge in [-0.1, -0.05) is 32.1 Å². The molecule has 0 spiro atoms. The van der Waals surface area contributed by atoms with Gasteiger partial charge in [0.15, 0.2) is 0 Å². The number of aryl methyl sites for hydroxylation is 2. The van der Waals surface area contributed by atoms with Crippen LogP contribution in [-0.2, 0) is 23.2 Å². The first kappa shape index (κ1) is 26.8. The molecule has 2 atom stereocenters. The van der Waals surface area contributed by atoms with Gasteiger partial charge in [0, 0.05) is 30.4 Å². The summed E-state index contributed by atoms with van der Waals surface area (Å²) in [7, 11) is 1.89. The van der Waals surface area contributed by atoms with Crippen molar-refractivity contribution < 1.29 is 14.7 Å². The highest BCUT2D eigenvalue weighted by atomic mass is 16.4. The number of nitrogens with zero attached hydrogens (tertiary/aromatic N) is 5. The number of hydrogen-bond donors (Lipinski definition) is 3. The number of carbonyl (C=O) groups excluding carboxylic acids is 1. The van der Waals surface area contributed by atoms with Gasteiger partial charge in [0.1, 0.15) is 0 Å². The topological polar surface area (TPSA) is 135 Å². The lowest BCUT2D eigenvalue weighted by molar-refractivity contribution is -0.147. The van der Waals surface area contributed by atoms with Crippen molar-refractivity contribution in [2.45, 2.75) is 77.2 Å². The second-order valence-corrected chi connectivity index (χ2v) is 10.8. The van der Waals surface area contributed by atoms with Crippen molar-refractivity contribution >= 4 is 23.5 Å². The van der Waals surface area contributed by atoms with Crippen molar-refractivity contribution in [3.05, 3.63) is 47.7 Å². The van der Waals surface area contributed by atoms with Crippen LogP contribution in [-0.4, -0.2) is 41.7 Å². The highest BCUT2D eigenvalue weighted by Gasteiger charge is 2.36. The molecule has 39 heavy (non-hydrogen) atoms. The summed E-state index contributed by atoms with van der Waals surface area (Å²) in [5.74, 6) is -1.19. The van der Waals surface area contributed by atoms with Crippen LogP contribution in [0.2, 0.25) is 0 Å². The number of carboxylic acid groups (broad SMARTS) is 1. The van der Waals surface area contributed by atoms with E-state index in [0.717, 1.165) is 35.5 Å². The number of pyridine rings is 1. The first-order chi connectivity index (χ1) is 18.9. The van der Waals surface area contributed by atoms with E-state index >= 15 is 0 Å². The lowest BCUT2D eigenvalue weighted by Gasteiger charge is -2.27. The van der Waals surface area contributed by atoms with Gasteiger partial charge in [-0.05, 0) is 50.8 Å². The maximum Gasteiger partial charge on any atom is 0.307 e. The maximum atomic E-state index is 13.0. The molecule has 3 aromatic heterocycles.